The molecule has 0 aromatic heterocycles. The summed E-state index contributed by atoms with van der Waals surface area (Å²) < 4.78 is 0. The number of carboxylic acid groups (broad SMARTS) is 1. The smallest absolute Gasteiger partial charge is 0.306 e. The predicted octanol–water partition coefficient (Wildman–Crippen LogP) is 2.79. The van der Waals surface area contributed by atoms with Crippen LogP contribution in [0.4, 0.5) is 5.69 Å². The maximum absolute atomic E-state index is 10.8. The number of fused-ring (bicyclic) bond motifs is 1. The first-order valence-electron chi connectivity index (χ1n) is 5.34. The Labute approximate surface area is 99.4 Å². The average molecular weight is 240 g/mol. The highest BCUT2D eigenvalue weighted by Crippen LogP contribution is 2.30. The molecular weight excluding hydrogens is 226 g/mol. The van der Waals surface area contributed by atoms with Gasteiger partial charge in [-0.05, 0) is 36.6 Å². The summed E-state index contributed by atoms with van der Waals surface area (Å²) >= 11 is 5.91. The molecule has 0 radical (unpaired) electrons. The fraction of sp³-hybridized carbons (Fsp3) is 0.417. The van der Waals surface area contributed by atoms with E-state index in [4.69, 9.17) is 16.7 Å². The third kappa shape index (κ3) is 2.30. The zero-order valence-corrected chi connectivity index (χ0v) is 9.79. The van der Waals surface area contributed by atoms with Crippen LogP contribution in [0.25, 0.3) is 0 Å². The van der Waals surface area contributed by atoms with Crippen LogP contribution in [0.2, 0.25) is 5.02 Å². The van der Waals surface area contributed by atoms with Crippen LogP contribution < -0.4 is 5.32 Å². The Morgan fingerprint density at radius 1 is 1.69 bits per heavy atom. The van der Waals surface area contributed by atoms with Crippen LogP contribution in [0, 0.1) is 5.92 Å². The van der Waals surface area contributed by atoms with E-state index in [1.54, 1.807) is 6.92 Å². The first kappa shape index (κ1) is 11.3. The van der Waals surface area contributed by atoms with Crippen molar-refractivity contribution in [3.63, 3.8) is 0 Å². The molecule has 3 nitrogen and oxygen atoms in total. The number of rotatable bonds is 3. The van der Waals surface area contributed by atoms with Crippen molar-refractivity contribution in [2.24, 2.45) is 5.92 Å². The van der Waals surface area contributed by atoms with Crippen LogP contribution in [-0.2, 0) is 11.2 Å². The van der Waals surface area contributed by atoms with E-state index in [1.807, 2.05) is 18.2 Å². The average Bonchev–Trinajstić information content (AvgIpc) is 2.58. The quantitative estimate of drug-likeness (QED) is 0.853. The van der Waals surface area contributed by atoms with Gasteiger partial charge in [0.2, 0.25) is 0 Å². The van der Waals surface area contributed by atoms with Crippen LogP contribution in [-0.4, -0.2) is 17.1 Å². The lowest BCUT2D eigenvalue weighted by Crippen LogP contribution is -2.22. The summed E-state index contributed by atoms with van der Waals surface area (Å²) in [6.07, 6.45) is 1.50. The van der Waals surface area contributed by atoms with E-state index in [2.05, 4.69) is 5.32 Å². The number of hydrogen-bond donors (Lipinski definition) is 2. The third-order valence-corrected chi connectivity index (χ3v) is 3.19. The van der Waals surface area contributed by atoms with Crippen molar-refractivity contribution in [2.75, 3.05) is 5.32 Å². The van der Waals surface area contributed by atoms with Crippen LogP contribution >= 0.6 is 11.6 Å². The number of benzene rings is 1. The molecule has 2 unspecified atom stereocenters. The molecule has 1 aliphatic rings. The summed E-state index contributed by atoms with van der Waals surface area (Å²) in [5.74, 6) is -1.06. The molecule has 16 heavy (non-hydrogen) atoms. The van der Waals surface area contributed by atoms with Gasteiger partial charge in [0.05, 0.1) is 5.92 Å². The number of aliphatic carboxylic acids is 1. The first-order chi connectivity index (χ1) is 7.56. The molecule has 2 atom stereocenters. The van der Waals surface area contributed by atoms with Crippen LogP contribution in [0.5, 0.6) is 0 Å². The fourth-order valence-electron chi connectivity index (χ4n) is 2.08. The molecule has 1 heterocycles. The minimum Gasteiger partial charge on any atom is -0.481 e. The summed E-state index contributed by atoms with van der Waals surface area (Å²) in [6, 6.07) is 5.94. The molecule has 1 aromatic carbocycles. The van der Waals surface area contributed by atoms with E-state index < -0.39 is 5.97 Å². The van der Waals surface area contributed by atoms with Crippen LogP contribution in [0.15, 0.2) is 18.2 Å². The minimum atomic E-state index is -0.740. The highest BCUT2D eigenvalue weighted by atomic mass is 35.5. The monoisotopic (exact) mass is 239 g/mol. The molecule has 86 valence electrons. The second-order valence-corrected chi connectivity index (χ2v) is 4.76. The molecule has 0 aliphatic carbocycles. The second kappa shape index (κ2) is 4.34. The van der Waals surface area contributed by atoms with Crippen molar-refractivity contribution < 1.29 is 9.90 Å². The fourth-order valence-corrected chi connectivity index (χ4v) is 2.27. The van der Waals surface area contributed by atoms with E-state index in [0.29, 0.717) is 6.42 Å². The zero-order valence-electron chi connectivity index (χ0n) is 9.03. The Hall–Kier alpha value is -1.22. The number of carbonyl (C=O) groups is 1. The zero-order chi connectivity index (χ0) is 11.7. The topological polar surface area (TPSA) is 49.3 Å². The normalized spacial score (nSPS) is 20.0. The van der Waals surface area contributed by atoms with Gasteiger partial charge in [-0.25, -0.2) is 0 Å². The number of nitrogens with one attached hydrogen (secondary N) is 1. The van der Waals surface area contributed by atoms with Crippen molar-refractivity contribution >= 4 is 23.3 Å². The van der Waals surface area contributed by atoms with Gasteiger partial charge in [0, 0.05) is 16.8 Å². The van der Waals surface area contributed by atoms with Crippen LogP contribution in [0.3, 0.4) is 0 Å². The second-order valence-electron chi connectivity index (χ2n) is 4.32. The van der Waals surface area contributed by atoms with Crippen molar-refractivity contribution in [3.8, 4) is 0 Å². The highest BCUT2D eigenvalue weighted by Gasteiger charge is 2.24. The molecule has 0 fully saturated rings. The molecule has 0 amide bonds. The standard InChI is InChI=1S/C12H14ClNO2/c1-7(12(15)16)4-10-6-8-5-9(13)2-3-11(8)14-10/h2-3,5,7,10,14H,4,6H2,1H3,(H,15,16). The van der Waals surface area contributed by atoms with E-state index in [1.165, 1.54) is 5.56 Å². The van der Waals surface area contributed by atoms with Crippen molar-refractivity contribution in [1.29, 1.82) is 0 Å². The Balaban J connectivity index is 2.03. The van der Waals surface area contributed by atoms with Gasteiger partial charge in [-0.2, -0.15) is 0 Å². The lowest BCUT2D eigenvalue weighted by atomic mass is 9.99. The lowest BCUT2D eigenvalue weighted by molar-refractivity contribution is -0.141. The number of halogens is 1. The molecule has 0 saturated heterocycles. The summed E-state index contributed by atoms with van der Waals surface area (Å²) in [5.41, 5.74) is 2.25. The van der Waals surface area contributed by atoms with Gasteiger partial charge in [-0.1, -0.05) is 18.5 Å². The highest BCUT2D eigenvalue weighted by molar-refractivity contribution is 6.30. The van der Waals surface area contributed by atoms with Gasteiger partial charge in [0.15, 0.2) is 0 Å². The lowest BCUT2D eigenvalue weighted by Gasteiger charge is -2.13. The van der Waals surface area contributed by atoms with Crippen LogP contribution in [0.1, 0.15) is 18.9 Å². The molecule has 2 rings (SSSR count). The predicted molar refractivity (Wildman–Crippen MR) is 64.0 cm³/mol. The Morgan fingerprint density at radius 2 is 2.44 bits per heavy atom. The third-order valence-electron chi connectivity index (χ3n) is 2.95. The molecule has 4 heteroatoms. The SMILES string of the molecule is CC(CC1Cc2cc(Cl)ccc2N1)C(=O)O. The maximum atomic E-state index is 10.8. The van der Waals surface area contributed by atoms with Crippen molar-refractivity contribution in [2.45, 2.75) is 25.8 Å². The van der Waals surface area contributed by atoms with Gasteiger partial charge < -0.3 is 10.4 Å². The van der Waals surface area contributed by atoms with Crippen molar-refractivity contribution in [1.82, 2.24) is 0 Å². The molecule has 2 N–H and O–H groups in total. The number of hydrogen-bond acceptors (Lipinski definition) is 2. The number of anilines is 1. The Bertz CT molecular complexity index is 419. The van der Waals surface area contributed by atoms with Gasteiger partial charge in [0.1, 0.15) is 0 Å². The van der Waals surface area contributed by atoms with E-state index in [0.717, 1.165) is 17.1 Å². The molecule has 0 spiro atoms. The number of carboxylic acids is 1. The van der Waals surface area contributed by atoms with Gasteiger partial charge >= 0.3 is 5.97 Å². The van der Waals surface area contributed by atoms with Gasteiger partial charge in [-0.3, -0.25) is 4.79 Å². The Kier molecular flexibility index (Phi) is 3.06. The molecule has 0 bridgehead atoms. The molecule has 1 aliphatic heterocycles. The summed E-state index contributed by atoms with van der Waals surface area (Å²) in [4.78, 5) is 10.8. The maximum Gasteiger partial charge on any atom is 0.306 e. The Morgan fingerprint density at radius 3 is 3.12 bits per heavy atom. The molecular formula is C12H14ClNO2. The largest absolute Gasteiger partial charge is 0.481 e. The van der Waals surface area contributed by atoms with E-state index >= 15 is 0 Å². The van der Waals surface area contributed by atoms with Gasteiger partial charge in [-0.15, -0.1) is 0 Å². The molecule has 0 saturated carbocycles. The van der Waals surface area contributed by atoms with Crippen molar-refractivity contribution in [3.05, 3.63) is 28.8 Å². The van der Waals surface area contributed by atoms with Gasteiger partial charge in [0.25, 0.3) is 0 Å². The van der Waals surface area contributed by atoms with E-state index in [-0.39, 0.29) is 12.0 Å². The van der Waals surface area contributed by atoms with E-state index in [9.17, 15) is 4.79 Å². The summed E-state index contributed by atoms with van der Waals surface area (Å²) in [6.45, 7) is 1.74. The molecule has 1 aromatic rings. The first-order valence-corrected chi connectivity index (χ1v) is 5.72. The minimum absolute atomic E-state index is 0.208. The summed E-state index contributed by atoms with van der Waals surface area (Å²) in [5, 5.41) is 12.9. The summed E-state index contributed by atoms with van der Waals surface area (Å²) in [7, 11) is 0.